The summed E-state index contributed by atoms with van der Waals surface area (Å²) in [5, 5.41) is 13.7. The summed E-state index contributed by atoms with van der Waals surface area (Å²) in [6, 6.07) is 21.0. The lowest BCUT2D eigenvalue weighted by Gasteiger charge is -2.31. The number of fused-ring (bicyclic) bond motifs is 1. The highest BCUT2D eigenvalue weighted by Crippen LogP contribution is 2.44. The molecule has 10 nitrogen and oxygen atoms in total. The lowest BCUT2D eigenvalue weighted by Crippen LogP contribution is -2.32. The molecule has 0 radical (unpaired) electrons. The van der Waals surface area contributed by atoms with E-state index in [4.69, 9.17) is 14.2 Å². The quantitative estimate of drug-likeness (QED) is 0.286. The maximum absolute atomic E-state index is 13.9. The Balaban J connectivity index is 1.62. The molecule has 5 rings (SSSR count). The van der Waals surface area contributed by atoms with Crippen LogP contribution in [0.15, 0.2) is 90.3 Å². The molecular formula is C30H29N5O5. The summed E-state index contributed by atoms with van der Waals surface area (Å²) >= 11 is 0. The number of ether oxygens (including phenoxy) is 3. The van der Waals surface area contributed by atoms with Crippen LogP contribution in [0.25, 0.3) is 0 Å². The van der Waals surface area contributed by atoms with E-state index in [2.05, 4.69) is 21.0 Å². The molecule has 3 aromatic carbocycles. The molecule has 0 saturated heterocycles. The zero-order chi connectivity index (χ0) is 28.2. The Morgan fingerprint density at radius 2 is 1.52 bits per heavy atom. The molecular weight excluding hydrogens is 510 g/mol. The third kappa shape index (κ3) is 4.82. The molecule has 1 atom stereocenters. The summed E-state index contributed by atoms with van der Waals surface area (Å²) < 4.78 is 18.3. The van der Waals surface area contributed by atoms with E-state index >= 15 is 0 Å². The highest BCUT2D eigenvalue weighted by molar-refractivity contribution is 6.10. The van der Waals surface area contributed by atoms with Gasteiger partial charge in [-0.05, 0) is 37.3 Å². The van der Waals surface area contributed by atoms with E-state index in [0.717, 1.165) is 0 Å². The third-order valence-electron chi connectivity index (χ3n) is 6.63. The van der Waals surface area contributed by atoms with Crippen molar-refractivity contribution in [1.29, 1.82) is 0 Å². The smallest absolute Gasteiger partial charge is 0.261 e. The van der Waals surface area contributed by atoms with Gasteiger partial charge >= 0.3 is 0 Å². The fourth-order valence-corrected chi connectivity index (χ4v) is 4.79. The van der Waals surface area contributed by atoms with Gasteiger partial charge in [-0.2, -0.15) is 5.10 Å². The van der Waals surface area contributed by atoms with Gasteiger partial charge in [-0.1, -0.05) is 42.5 Å². The number of hydrogen-bond donors (Lipinski definition) is 3. The molecule has 0 fully saturated rings. The van der Waals surface area contributed by atoms with E-state index in [9.17, 15) is 9.59 Å². The first-order chi connectivity index (χ1) is 19.5. The molecule has 40 heavy (non-hydrogen) atoms. The van der Waals surface area contributed by atoms with Crippen LogP contribution < -0.4 is 30.2 Å². The predicted octanol–water partition coefficient (Wildman–Crippen LogP) is 5.09. The number of para-hydroxylation sites is 4. The second-order valence-corrected chi connectivity index (χ2v) is 8.97. The van der Waals surface area contributed by atoms with Crippen molar-refractivity contribution in [2.24, 2.45) is 0 Å². The topological polar surface area (TPSA) is 116 Å². The average molecular weight is 540 g/mol. The summed E-state index contributed by atoms with van der Waals surface area (Å²) in [5.74, 6) is 1.19. The standard InChI is InChI=1S/C30H29N5O5/c1-18-25(30(37)34-22-14-8-9-15-23(22)38-2)26(20-13-10-16-24(39-3)27(20)40-4)35-28(32-18)21(17-31-35)29(36)33-19-11-6-5-7-12-19/h5-17,26,32H,1-4H3,(H,33,36)(H,34,37). The highest BCUT2D eigenvalue weighted by atomic mass is 16.5. The first-order valence-corrected chi connectivity index (χ1v) is 12.5. The van der Waals surface area contributed by atoms with Crippen LogP contribution in [0.4, 0.5) is 17.2 Å². The number of allylic oxidation sites excluding steroid dienone is 1. The Kier molecular flexibility index (Phi) is 7.41. The van der Waals surface area contributed by atoms with Crippen molar-refractivity contribution in [3.05, 3.63) is 101 Å². The van der Waals surface area contributed by atoms with E-state index in [1.165, 1.54) is 13.3 Å². The zero-order valence-electron chi connectivity index (χ0n) is 22.5. The third-order valence-corrected chi connectivity index (χ3v) is 6.63. The molecule has 3 N–H and O–H groups in total. The number of benzene rings is 3. The van der Waals surface area contributed by atoms with Gasteiger partial charge in [0.05, 0.1) is 38.8 Å². The first-order valence-electron chi connectivity index (χ1n) is 12.5. The molecule has 0 spiro atoms. The van der Waals surface area contributed by atoms with Gasteiger partial charge < -0.3 is 30.2 Å². The Morgan fingerprint density at radius 1 is 0.825 bits per heavy atom. The summed E-state index contributed by atoms with van der Waals surface area (Å²) in [6.07, 6.45) is 1.48. The number of hydrogen-bond acceptors (Lipinski definition) is 7. The van der Waals surface area contributed by atoms with Crippen molar-refractivity contribution >= 4 is 29.0 Å². The predicted molar refractivity (Wildman–Crippen MR) is 152 cm³/mol. The lowest BCUT2D eigenvalue weighted by molar-refractivity contribution is -0.113. The van der Waals surface area contributed by atoms with Gasteiger partial charge in [0.2, 0.25) is 0 Å². The molecule has 2 amide bonds. The SMILES string of the molecule is COc1ccccc1NC(=O)C1=C(C)Nc2c(C(=O)Nc3ccccc3)cnn2C1c1cccc(OC)c1OC. The molecule has 4 aromatic rings. The minimum absolute atomic E-state index is 0.319. The van der Waals surface area contributed by atoms with Crippen LogP contribution >= 0.6 is 0 Å². The maximum Gasteiger partial charge on any atom is 0.261 e. The number of anilines is 3. The van der Waals surface area contributed by atoms with Crippen LogP contribution in [0.3, 0.4) is 0 Å². The van der Waals surface area contributed by atoms with Gasteiger partial charge in [0.1, 0.15) is 23.2 Å². The van der Waals surface area contributed by atoms with Crippen molar-refractivity contribution in [2.45, 2.75) is 13.0 Å². The van der Waals surface area contributed by atoms with Crippen LogP contribution in [0.1, 0.15) is 28.9 Å². The van der Waals surface area contributed by atoms with Gasteiger partial charge in [0.25, 0.3) is 11.8 Å². The Morgan fingerprint density at radius 3 is 2.25 bits per heavy atom. The summed E-state index contributed by atoms with van der Waals surface area (Å²) in [5.41, 5.74) is 3.04. The average Bonchev–Trinajstić information content (AvgIpc) is 3.40. The molecule has 0 saturated carbocycles. The van der Waals surface area contributed by atoms with E-state index in [0.29, 0.717) is 56.8 Å². The van der Waals surface area contributed by atoms with Gasteiger partial charge in [0.15, 0.2) is 11.5 Å². The maximum atomic E-state index is 13.9. The second-order valence-electron chi connectivity index (χ2n) is 8.97. The zero-order valence-corrected chi connectivity index (χ0v) is 22.5. The molecule has 0 aliphatic carbocycles. The Labute approximate surface area is 231 Å². The lowest BCUT2D eigenvalue weighted by atomic mass is 9.93. The van der Waals surface area contributed by atoms with Gasteiger partial charge in [-0.15, -0.1) is 0 Å². The van der Waals surface area contributed by atoms with Crippen LogP contribution in [-0.4, -0.2) is 42.9 Å². The van der Waals surface area contributed by atoms with Crippen LogP contribution in [0.2, 0.25) is 0 Å². The number of rotatable bonds is 8. The van der Waals surface area contributed by atoms with Crippen molar-refractivity contribution in [3.63, 3.8) is 0 Å². The minimum atomic E-state index is -0.755. The summed E-state index contributed by atoms with van der Waals surface area (Å²) in [7, 11) is 4.63. The number of aromatic nitrogens is 2. The van der Waals surface area contributed by atoms with Crippen LogP contribution in [0, 0.1) is 0 Å². The van der Waals surface area contributed by atoms with E-state index in [-0.39, 0.29) is 11.8 Å². The molecule has 2 heterocycles. The molecule has 1 aromatic heterocycles. The normalized spacial score (nSPS) is 14.1. The molecule has 10 heteroatoms. The van der Waals surface area contributed by atoms with Crippen LogP contribution in [0.5, 0.6) is 17.2 Å². The monoisotopic (exact) mass is 539 g/mol. The van der Waals surface area contributed by atoms with Gasteiger partial charge in [0, 0.05) is 16.9 Å². The highest BCUT2D eigenvalue weighted by Gasteiger charge is 2.37. The molecule has 1 aliphatic heterocycles. The van der Waals surface area contributed by atoms with Crippen molar-refractivity contribution in [1.82, 2.24) is 9.78 Å². The van der Waals surface area contributed by atoms with Gasteiger partial charge in [-0.25, -0.2) is 4.68 Å². The fraction of sp³-hybridized carbons (Fsp3) is 0.167. The number of amides is 2. The summed E-state index contributed by atoms with van der Waals surface area (Å²) in [6.45, 7) is 1.78. The van der Waals surface area contributed by atoms with Crippen molar-refractivity contribution < 1.29 is 23.8 Å². The van der Waals surface area contributed by atoms with Crippen molar-refractivity contribution in [3.8, 4) is 17.2 Å². The largest absolute Gasteiger partial charge is 0.495 e. The number of nitrogens with zero attached hydrogens (tertiary/aromatic N) is 2. The number of carbonyl (C=O) groups excluding carboxylic acids is 2. The Bertz CT molecular complexity index is 1600. The number of carbonyl (C=O) groups is 2. The molecule has 1 aliphatic rings. The number of nitrogens with one attached hydrogen (secondary N) is 3. The Hall–Kier alpha value is -5.25. The molecule has 0 bridgehead atoms. The minimum Gasteiger partial charge on any atom is -0.495 e. The second kappa shape index (κ2) is 11.2. The first kappa shape index (κ1) is 26.4. The fourth-order valence-electron chi connectivity index (χ4n) is 4.79. The van der Waals surface area contributed by atoms with E-state index in [1.807, 2.05) is 42.5 Å². The number of methoxy groups -OCH3 is 3. The van der Waals surface area contributed by atoms with E-state index in [1.54, 1.807) is 56.2 Å². The molecule has 204 valence electrons. The van der Waals surface area contributed by atoms with Crippen molar-refractivity contribution in [2.75, 3.05) is 37.3 Å². The summed E-state index contributed by atoms with van der Waals surface area (Å²) in [4.78, 5) is 27.2. The van der Waals surface area contributed by atoms with E-state index < -0.39 is 6.04 Å². The van der Waals surface area contributed by atoms with Crippen LogP contribution in [-0.2, 0) is 4.79 Å². The van der Waals surface area contributed by atoms with Gasteiger partial charge in [-0.3, -0.25) is 9.59 Å². The molecule has 1 unspecified atom stereocenters.